The molecule has 124 valence electrons. The van der Waals surface area contributed by atoms with Gasteiger partial charge >= 0.3 is 0 Å². The molecule has 0 spiro atoms. The van der Waals surface area contributed by atoms with Gasteiger partial charge in [-0.15, -0.1) is 0 Å². The lowest BCUT2D eigenvalue weighted by Gasteiger charge is -2.17. The van der Waals surface area contributed by atoms with E-state index >= 15 is 0 Å². The first-order valence-corrected chi connectivity index (χ1v) is 9.24. The summed E-state index contributed by atoms with van der Waals surface area (Å²) in [6.07, 6.45) is 4.45. The fraction of sp³-hybridized carbons (Fsp3) is 0.438. The van der Waals surface area contributed by atoms with Crippen LogP contribution < -0.4 is 9.46 Å². The van der Waals surface area contributed by atoms with Crippen LogP contribution in [0, 0.1) is 0 Å². The first-order valence-electron chi connectivity index (χ1n) is 7.75. The van der Waals surface area contributed by atoms with E-state index in [1.165, 1.54) is 6.20 Å². The van der Waals surface area contributed by atoms with E-state index in [2.05, 4.69) is 9.82 Å². The van der Waals surface area contributed by atoms with Crippen molar-refractivity contribution in [1.29, 1.82) is 0 Å². The maximum atomic E-state index is 12.7. The number of rotatable bonds is 4. The van der Waals surface area contributed by atoms with Gasteiger partial charge in [0.05, 0.1) is 18.8 Å². The van der Waals surface area contributed by atoms with E-state index in [0.717, 1.165) is 17.7 Å². The van der Waals surface area contributed by atoms with Gasteiger partial charge in [0.2, 0.25) is 10.0 Å². The molecule has 6 nitrogen and oxygen atoms in total. The fourth-order valence-corrected chi connectivity index (χ4v) is 3.83. The summed E-state index contributed by atoms with van der Waals surface area (Å²) in [5.41, 5.74) is 0.879. The van der Waals surface area contributed by atoms with Gasteiger partial charge < -0.3 is 4.74 Å². The number of ether oxygens (including phenoxy) is 1. The molecule has 1 atom stereocenters. The van der Waals surface area contributed by atoms with Crippen molar-refractivity contribution in [3.8, 4) is 5.75 Å². The standard InChI is InChI=1S/C16H21N3O3S/c1-12(2)19-11-13(10-17-19)23(20,21)18-15-7-5-9-22-16-8-4-3-6-14(15)16/h3-4,6,8,10-12,15,18H,5,7,9H2,1-2H3/t15-/m1/s1. The Bertz CT molecular complexity index is 783. The van der Waals surface area contributed by atoms with Crippen LogP contribution in [0.4, 0.5) is 0 Å². The Morgan fingerprint density at radius 2 is 2.13 bits per heavy atom. The lowest BCUT2D eigenvalue weighted by molar-refractivity contribution is 0.316. The Morgan fingerprint density at radius 3 is 2.87 bits per heavy atom. The van der Waals surface area contributed by atoms with Crippen molar-refractivity contribution in [2.24, 2.45) is 0 Å². The second-order valence-electron chi connectivity index (χ2n) is 5.95. The third-order valence-corrected chi connectivity index (χ3v) is 5.33. The molecule has 1 aromatic carbocycles. The van der Waals surface area contributed by atoms with Crippen molar-refractivity contribution >= 4 is 10.0 Å². The second kappa shape index (κ2) is 6.33. The first kappa shape index (κ1) is 16.0. The lowest BCUT2D eigenvalue weighted by Crippen LogP contribution is -2.28. The zero-order valence-corrected chi connectivity index (χ0v) is 14.1. The maximum Gasteiger partial charge on any atom is 0.244 e. The summed E-state index contributed by atoms with van der Waals surface area (Å²) in [5.74, 6) is 0.746. The number of sulfonamides is 1. The van der Waals surface area contributed by atoms with Gasteiger partial charge in [-0.25, -0.2) is 13.1 Å². The minimum atomic E-state index is -3.62. The van der Waals surface area contributed by atoms with Gasteiger partial charge in [0.25, 0.3) is 0 Å². The van der Waals surface area contributed by atoms with Gasteiger partial charge in [0.15, 0.2) is 0 Å². The summed E-state index contributed by atoms with van der Waals surface area (Å²) in [6.45, 7) is 4.51. The van der Waals surface area contributed by atoms with Crippen LogP contribution in [0.5, 0.6) is 5.75 Å². The normalized spacial score (nSPS) is 18.3. The number of fused-ring (bicyclic) bond motifs is 1. The zero-order chi connectivity index (χ0) is 16.4. The molecule has 1 aliphatic rings. The molecule has 23 heavy (non-hydrogen) atoms. The number of benzene rings is 1. The summed E-state index contributed by atoms with van der Waals surface area (Å²) in [5, 5.41) is 4.11. The average Bonchev–Trinajstić information content (AvgIpc) is 2.94. The van der Waals surface area contributed by atoms with E-state index in [1.807, 2.05) is 38.1 Å². The molecule has 0 saturated carbocycles. The molecular formula is C16H21N3O3S. The number of hydrogen-bond acceptors (Lipinski definition) is 4. The third kappa shape index (κ3) is 3.40. The predicted octanol–water partition coefficient (Wildman–Crippen LogP) is 2.66. The summed E-state index contributed by atoms with van der Waals surface area (Å²) < 4.78 is 35.4. The van der Waals surface area contributed by atoms with Gasteiger partial charge in [-0.2, -0.15) is 5.10 Å². The van der Waals surface area contributed by atoms with E-state index in [1.54, 1.807) is 10.9 Å². The van der Waals surface area contributed by atoms with E-state index in [4.69, 9.17) is 4.74 Å². The highest BCUT2D eigenvalue weighted by Crippen LogP contribution is 2.32. The Hall–Kier alpha value is -1.86. The quantitative estimate of drug-likeness (QED) is 0.932. The Balaban J connectivity index is 1.88. The largest absolute Gasteiger partial charge is 0.493 e. The fourth-order valence-electron chi connectivity index (χ4n) is 2.64. The van der Waals surface area contributed by atoms with Gasteiger partial charge in [-0.05, 0) is 32.8 Å². The Kier molecular flexibility index (Phi) is 4.41. The molecule has 1 N–H and O–H groups in total. The molecule has 0 bridgehead atoms. The number of para-hydroxylation sites is 1. The molecule has 0 saturated heterocycles. The van der Waals surface area contributed by atoms with E-state index in [0.29, 0.717) is 13.0 Å². The predicted molar refractivity (Wildman–Crippen MR) is 86.8 cm³/mol. The molecule has 2 heterocycles. The van der Waals surface area contributed by atoms with E-state index in [-0.39, 0.29) is 17.0 Å². The molecule has 2 aromatic rings. The zero-order valence-electron chi connectivity index (χ0n) is 13.3. The van der Waals surface area contributed by atoms with Gasteiger partial charge in [-0.3, -0.25) is 4.68 Å². The summed E-state index contributed by atoms with van der Waals surface area (Å²) in [4.78, 5) is 0.189. The molecule has 0 amide bonds. The summed E-state index contributed by atoms with van der Waals surface area (Å²) in [6, 6.07) is 7.39. The smallest absolute Gasteiger partial charge is 0.244 e. The SMILES string of the molecule is CC(C)n1cc(S(=O)(=O)N[C@@H]2CCCOc3ccccc32)cn1. The number of hydrogen-bond donors (Lipinski definition) is 1. The first-order chi connectivity index (χ1) is 11.0. The van der Waals surface area contributed by atoms with Gasteiger partial charge in [0, 0.05) is 17.8 Å². The molecular weight excluding hydrogens is 314 g/mol. The minimum absolute atomic E-state index is 0.117. The topological polar surface area (TPSA) is 73.2 Å². The van der Waals surface area contributed by atoms with Crippen LogP contribution in [0.25, 0.3) is 0 Å². The Morgan fingerprint density at radius 1 is 1.35 bits per heavy atom. The van der Waals surface area contributed by atoms with Crippen molar-refractivity contribution in [2.75, 3.05) is 6.61 Å². The Labute approximate surface area is 136 Å². The van der Waals surface area contributed by atoms with Crippen LogP contribution in [0.2, 0.25) is 0 Å². The van der Waals surface area contributed by atoms with Crippen LogP contribution >= 0.6 is 0 Å². The number of nitrogens with one attached hydrogen (secondary N) is 1. The molecule has 7 heteroatoms. The van der Waals surface area contributed by atoms with Crippen LogP contribution in [0.1, 0.15) is 44.3 Å². The van der Waals surface area contributed by atoms with E-state index in [9.17, 15) is 8.42 Å². The number of aromatic nitrogens is 2. The molecule has 0 aliphatic carbocycles. The van der Waals surface area contributed by atoms with Crippen molar-refractivity contribution in [2.45, 2.75) is 43.7 Å². The van der Waals surface area contributed by atoms with Crippen molar-refractivity contribution in [3.05, 3.63) is 42.2 Å². The summed E-state index contributed by atoms with van der Waals surface area (Å²) >= 11 is 0. The van der Waals surface area contributed by atoms with Crippen LogP contribution in [0.3, 0.4) is 0 Å². The van der Waals surface area contributed by atoms with E-state index < -0.39 is 10.0 Å². The molecule has 1 aliphatic heterocycles. The highest BCUT2D eigenvalue weighted by molar-refractivity contribution is 7.89. The van der Waals surface area contributed by atoms with Crippen molar-refractivity contribution < 1.29 is 13.2 Å². The lowest BCUT2D eigenvalue weighted by atomic mass is 10.0. The van der Waals surface area contributed by atoms with Crippen LogP contribution in [-0.2, 0) is 10.0 Å². The average molecular weight is 335 g/mol. The van der Waals surface area contributed by atoms with Gasteiger partial charge in [-0.1, -0.05) is 18.2 Å². The monoisotopic (exact) mass is 335 g/mol. The molecule has 0 radical (unpaired) electrons. The number of nitrogens with zero attached hydrogens (tertiary/aromatic N) is 2. The highest BCUT2D eigenvalue weighted by Gasteiger charge is 2.26. The van der Waals surface area contributed by atoms with Crippen molar-refractivity contribution in [3.63, 3.8) is 0 Å². The van der Waals surface area contributed by atoms with Crippen molar-refractivity contribution in [1.82, 2.24) is 14.5 Å². The van der Waals surface area contributed by atoms with Crippen LogP contribution in [-0.4, -0.2) is 24.8 Å². The molecule has 3 rings (SSSR count). The minimum Gasteiger partial charge on any atom is -0.493 e. The third-order valence-electron chi connectivity index (χ3n) is 3.90. The molecule has 0 unspecified atom stereocenters. The maximum absolute atomic E-state index is 12.7. The summed E-state index contributed by atoms with van der Waals surface area (Å²) in [7, 11) is -3.62. The second-order valence-corrected chi connectivity index (χ2v) is 7.67. The highest BCUT2D eigenvalue weighted by atomic mass is 32.2. The van der Waals surface area contributed by atoms with Gasteiger partial charge in [0.1, 0.15) is 10.6 Å². The molecule has 1 aromatic heterocycles. The molecule has 0 fully saturated rings. The van der Waals surface area contributed by atoms with Crippen LogP contribution in [0.15, 0.2) is 41.6 Å².